The largest absolute Gasteiger partial charge is 0.455 e. The number of hydrogen-bond donors (Lipinski definition) is 0. The molecule has 0 amide bonds. The molecule has 15 heavy (non-hydrogen) atoms. The molecule has 0 N–H and O–H groups in total. The molecular formula is C9H6FNO4. The van der Waals surface area contributed by atoms with Gasteiger partial charge in [0.2, 0.25) is 0 Å². The van der Waals surface area contributed by atoms with Gasteiger partial charge in [-0.3, -0.25) is 10.1 Å². The summed E-state index contributed by atoms with van der Waals surface area (Å²) in [5.41, 5.74) is -0.171. The fourth-order valence-corrected chi connectivity index (χ4v) is 1.27. The molecule has 0 bridgehead atoms. The monoisotopic (exact) mass is 211 g/mol. The zero-order valence-electron chi connectivity index (χ0n) is 7.42. The molecule has 0 saturated carbocycles. The molecule has 1 aromatic rings. The van der Waals surface area contributed by atoms with Gasteiger partial charge in [-0.25, -0.2) is 4.39 Å². The summed E-state index contributed by atoms with van der Waals surface area (Å²) in [5, 5.41) is 10.6. The highest BCUT2D eigenvalue weighted by Crippen LogP contribution is 2.31. The molecule has 0 aromatic heterocycles. The Bertz CT molecular complexity index is 424. The summed E-state index contributed by atoms with van der Waals surface area (Å²) in [6, 6.07) is 3.12. The van der Waals surface area contributed by atoms with Crippen LogP contribution in [0.5, 0.6) is 0 Å². The molecule has 1 aliphatic rings. The van der Waals surface area contributed by atoms with Gasteiger partial charge in [0, 0.05) is 6.07 Å². The fraction of sp³-hybridized carbons (Fsp3) is 0.111. The van der Waals surface area contributed by atoms with Gasteiger partial charge in [0.25, 0.3) is 12.0 Å². The van der Waals surface area contributed by atoms with Crippen molar-refractivity contribution in [1.29, 1.82) is 0 Å². The quantitative estimate of drug-likeness (QED) is 0.556. The van der Waals surface area contributed by atoms with Gasteiger partial charge >= 0.3 is 0 Å². The predicted molar refractivity (Wildman–Crippen MR) is 47.1 cm³/mol. The van der Waals surface area contributed by atoms with Gasteiger partial charge < -0.3 is 9.47 Å². The van der Waals surface area contributed by atoms with Gasteiger partial charge in [0.05, 0.1) is 4.92 Å². The third-order valence-corrected chi connectivity index (χ3v) is 1.90. The van der Waals surface area contributed by atoms with E-state index in [0.29, 0.717) is 0 Å². The Balaban J connectivity index is 2.42. The van der Waals surface area contributed by atoms with Crippen molar-refractivity contribution in [3.63, 3.8) is 0 Å². The lowest BCUT2D eigenvalue weighted by molar-refractivity contribution is -0.386. The Morgan fingerprint density at radius 3 is 2.60 bits per heavy atom. The Morgan fingerprint density at radius 2 is 2.00 bits per heavy atom. The minimum absolute atomic E-state index is 0.0602. The van der Waals surface area contributed by atoms with Crippen molar-refractivity contribution >= 4 is 5.69 Å². The minimum Gasteiger partial charge on any atom is -0.455 e. The van der Waals surface area contributed by atoms with Gasteiger partial charge in [0.1, 0.15) is 23.9 Å². The first kappa shape index (κ1) is 9.45. The highest BCUT2D eigenvalue weighted by molar-refractivity contribution is 5.41. The maximum absolute atomic E-state index is 12.9. The maximum atomic E-state index is 12.9. The van der Waals surface area contributed by atoms with Crippen molar-refractivity contribution < 1.29 is 18.8 Å². The van der Waals surface area contributed by atoms with Crippen LogP contribution in [0.2, 0.25) is 0 Å². The second-order valence-corrected chi connectivity index (χ2v) is 2.84. The van der Waals surface area contributed by atoms with Gasteiger partial charge in [-0.1, -0.05) is 0 Å². The first-order valence-electron chi connectivity index (χ1n) is 4.08. The lowest BCUT2D eigenvalue weighted by Gasteiger charge is -2.10. The van der Waals surface area contributed by atoms with E-state index in [1.807, 2.05) is 0 Å². The fourth-order valence-electron chi connectivity index (χ4n) is 1.27. The summed E-state index contributed by atoms with van der Waals surface area (Å²) < 4.78 is 22.7. The number of benzene rings is 1. The molecule has 2 rings (SSSR count). The van der Waals surface area contributed by atoms with Gasteiger partial charge in [0.15, 0.2) is 0 Å². The van der Waals surface area contributed by atoms with Crippen molar-refractivity contribution in [2.45, 2.75) is 6.29 Å². The first-order chi connectivity index (χ1) is 7.18. The normalized spacial score (nSPS) is 14.7. The minimum atomic E-state index is -0.943. The number of hydrogen-bond acceptors (Lipinski definition) is 4. The lowest BCUT2D eigenvalue weighted by Crippen LogP contribution is -2.03. The van der Waals surface area contributed by atoms with Crippen molar-refractivity contribution in [2.75, 3.05) is 0 Å². The van der Waals surface area contributed by atoms with Crippen LogP contribution in [0.15, 0.2) is 30.7 Å². The molecule has 5 nitrogen and oxygen atoms in total. The molecule has 0 spiro atoms. The summed E-state index contributed by atoms with van der Waals surface area (Å²) in [6.45, 7) is 0. The molecule has 0 radical (unpaired) electrons. The highest BCUT2D eigenvalue weighted by atomic mass is 19.1. The van der Waals surface area contributed by atoms with Crippen LogP contribution in [0, 0.1) is 15.9 Å². The van der Waals surface area contributed by atoms with E-state index in [1.54, 1.807) is 0 Å². The molecule has 6 heteroatoms. The van der Waals surface area contributed by atoms with Crippen molar-refractivity contribution in [1.82, 2.24) is 0 Å². The average Bonchev–Trinajstić information content (AvgIpc) is 2.69. The zero-order chi connectivity index (χ0) is 10.8. The topological polar surface area (TPSA) is 61.6 Å². The third kappa shape index (κ3) is 1.74. The van der Waals surface area contributed by atoms with Crippen LogP contribution in [-0.4, -0.2) is 4.92 Å². The van der Waals surface area contributed by atoms with Crippen LogP contribution in [0.25, 0.3) is 0 Å². The SMILES string of the molecule is O=[N+]([O-])c1ccc(F)cc1C1OC=CO1. The number of nitrogens with zero attached hydrogens (tertiary/aromatic N) is 1. The van der Waals surface area contributed by atoms with E-state index < -0.39 is 17.0 Å². The van der Waals surface area contributed by atoms with Crippen molar-refractivity contribution in [3.05, 3.63) is 52.2 Å². The number of nitro groups is 1. The standard InChI is InChI=1S/C9H6FNO4/c10-6-1-2-8(11(12)13)7(5-6)9-14-3-4-15-9/h1-5,9H. The van der Waals surface area contributed by atoms with Crippen molar-refractivity contribution in [2.24, 2.45) is 0 Å². The van der Waals surface area contributed by atoms with Crippen LogP contribution < -0.4 is 0 Å². The molecule has 0 unspecified atom stereocenters. The second kappa shape index (κ2) is 3.56. The second-order valence-electron chi connectivity index (χ2n) is 2.84. The van der Waals surface area contributed by atoms with Crippen LogP contribution in [-0.2, 0) is 9.47 Å². The summed E-state index contributed by atoms with van der Waals surface area (Å²) >= 11 is 0. The van der Waals surface area contributed by atoms with Crippen LogP contribution in [0.1, 0.15) is 11.9 Å². The van der Waals surface area contributed by atoms with E-state index in [-0.39, 0.29) is 11.3 Å². The highest BCUT2D eigenvalue weighted by Gasteiger charge is 2.26. The number of ether oxygens (including phenoxy) is 2. The Kier molecular flexibility index (Phi) is 2.24. The Hall–Kier alpha value is -2.11. The van der Waals surface area contributed by atoms with Gasteiger partial charge in [-0.2, -0.15) is 0 Å². The molecule has 0 saturated heterocycles. The Morgan fingerprint density at radius 1 is 1.33 bits per heavy atom. The van der Waals surface area contributed by atoms with E-state index in [4.69, 9.17) is 9.47 Å². The summed E-state index contributed by atoms with van der Waals surface area (Å²) in [7, 11) is 0. The van der Waals surface area contributed by atoms with E-state index in [9.17, 15) is 14.5 Å². The molecule has 1 aliphatic heterocycles. The third-order valence-electron chi connectivity index (χ3n) is 1.90. The van der Waals surface area contributed by atoms with Crippen LogP contribution in [0.3, 0.4) is 0 Å². The Labute approximate surface area is 83.9 Å². The number of halogens is 1. The molecule has 1 heterocycles. The van der Waals surface area contributed by atoms with E-state index >= 15 is 0 Å². The van der Waals surface area contributed by atoms with Gasteiger partial charge in [-0.15, -0.1) is 0 Å². The van der Waals surface area contributed by atoms with E-state index in [0.717, 1.165) is 18.2 Å². The summed E-state index contributed by atoms with van der Waals surface area (Å²) in [4.78, 5) is 10.0. The predicted octanol–water partition coefficient (Wildman–Crippen LogP) is 2.25. The smallest absolute Gasteiger partial charge is 0.280 e. The van der Waals surface area contributed by atoms with E-state index in [2.05, 4.69) is 0 Å². The first-order valence-corrected chi connectivity index (χ1v) is 4.08. The van der Waals surface area contributed by atoms with E-state index in [1.165, 1.54) is 12.5 Å². The summed E-state index contributed by atoms with van der Waals surface area (Å²) in [6.07, 6.45) is 1.56. The van der Waals surface area contributed by atoms with Gasteiger partial charge in [-0.05, 0) is 12.1 Å². The molecule has 0 fully saturated rings. The summed E-state index contributed by atoms with van der Waals surface area (Å²) in [5.74, 6) is -0.574. The molecule has 0 aliphatic carbocycles. The van der Waals surface area contributed by atoms with Crippen LogP contribution >= 0.6 is 0 Å². The molecular weight excluding hydrogens is 205 g/mol. The molecule has 1 aromatic carbocycles. The number of rotatable bonds is 2. The van der Waals surface area contributed by atoms with Crippen LogP contribution in [0.4, 0.5) is 10.1 Å². The molecule has 0 atom stereocenters. The maximum Gasteiger partial charge on any atom is 0.280 e. The lowest BCUT2D eigenvalue weighted by atomic mass is 10.1. The zero-order valence-corrected chi connectivity index (χ0v) is 7.42. The molecule has 78 valence electrons. The van der Waals surface area contributed by atoms with Crippen molar-refractivity contribution in [3.8, 4) is 0 Å². The average molecular weight is 211 g/mol. The number of nitro benzene ring substituents is 1.